The van der Waals surface area contributed by atoms with Gasteiger partial charge in [-0.05, 0) is 19.8 Å². The van der Waals surface area contributed by atoms with Gasteiger partial charge in [0.25, 0.3) is 5.91 Å². The lowest BCUT2D eigenvalue weighted by molar-refractivity contribution is -0.138. The molecule has 2 heterocycles. The van der Waals surface area contributed by atoms with Crippen LogP contribution in [-0.4, -0.2) is 66.9 Å². The van der Waals surface area contributed by atoms with Crippen LogP contribution in [0.15, 0.2) is 18.0 Å². The number of amides is 1. The van der Waals surface area contributed by atoms with E-state index >= 15 is 0 Å². The molecule has 1 aliphatic heterocycles. The maximum Gasteiger partial charge on any atom is 0.358 e. The largest absolute Gasteiger partial charge is 0.451 e. The van der Waals surface area contributed by atoms with Gasteiger partial charge in [0.05, 0.1) is 11.5 Å². The molecule has 1 aromatic rings. The summed E-state index contributed by atoms with van der Waals surface area (Å²) in [6.45, 7) is 7.46. The van der Waals surface area contributed by atoms with E-state index in [1.165, 1.54) is 11.3 Å². The third kappa shape index (κ3) is 5.77. The van der Waals surface area contributed by atoms with Crippen molar-refractivity contribution in [3.8, 4) is 0 Å². The predicted octanol–water partition coefficient (Wildman–Crippen LogP) is 1.71. The number of aromatic nitrogens is 1. The number of nitrogens with one attached hydrogen (secondary N) is 1. The van der Waals surface area contributed by atoms with Crippen molar-refractivity contribution in [2.75, 3.05) is 30.0 Å². The molecule has 1 aliphatic rings. The lowest BCUT2D eigenvalue weighted by Gasteiger charge is -2.33. The Balaban J connectivity index is 1.97. The smallest absolute Gasteiger partial charge is 0.358 e. The van der Waals surface area contributed by atoms with Gasteiger partial charge < -0.3 is 15.0 Å². The molecule has 0 aliphatic carbocycles. The van der Waals surface area contributed by atoms with E-state index in [2.05, 4.69) is 16.9 Å². The summed E-state index contributed by atoms with van der Waals surface area (Å²) in [7, 11) is -3.12. The van der Waals surface area contributed by atoms with Crippen LogP contribution >= 0.6 is 11.3 Å². The first kappa shape index (κ1) is 21.4. The van der Waals surface area contributed by atoms with Crippen LogP contribution < -0.4 is 5.32 Å². The van der Waals surface area contributed by atoms with Gasteiger partial charge in [-0.2, -0.15) is 0 Å². The summed E-state index contributed by atoms with van der Waals surface area (Å²) in [4.78, 5) is 30.4. The first-order chi connectivity index (χ1) is 12.8. The highest BCUT2D eigenvalue weighted by Gasteiger charge is 2.36. The molecule has 8 nitrogen and oxygen atoms in total. The predicted molar refractivity (Wildman–Crippen MR) is 105 cm³/mol. The van der Waals surface area contributed by atoms with Crippen LogP contribution in [0.3, 0.4) is 0 Å². The van der Waals surface area contributed by atoms with Crippen molar-refractivity contribution in [2.45, 2.75) is 38.8 Å². The highest BCUT2D eigenvalue weighted by molar-refractivity contribution is 7.91. The van der Waals surface area contributed by atoms with Crippen molar-refractivity contribution in [2.24, 2.45) is 0 Å². The first-order valence-corrected chi connectivity index (χ1v) is 11.5. The Labute approximate surface area is 163 Å². The van der Waals surface area contributed by atoms with Crippen molar-refractivity contribution < 1.29 is 22.7 Å². The van der Waals surface area contributed by atoms with Crippen LogP contribution in [0.1, 0.15) is 37.2 Å². The summed E-state index contributed by atoms with van der Waals surface area (Å²) in [5, 5.41) is 5.08. The highest BCUT2D eigenvalue weighted by atomic mass is 32.2. The molecule has 2 rings (SSSR count). The SMILES string of the molecule is C=CCNc1nc(C(=O)OCC(=O)N(C(C)CC)C2CCS(=O)(=O)C2)cs1. The minimum absolute atomic E-state index is 0.0402. The fraction of sp³-hybridized carbons (Fsp3) is 0.588. The zero-order chi connectivity index (χ0) is 20.0. The van der Waals surface area contributed by atoms with Crippen LogP contribution in [0.4, 0.5) is 5.13 Å². The number of nitrogens with zero attached hydrogens (tertiary/aromatic N) is 2. The Morgan fingerprint density at radius 3 is 2.89 bits per heavy atom. The molecule has 0 saturated carbocycles. The second-order valence-corrected chi connectivity index (χ2v) is 9.49. The molecule has 150 valence electrons. The van der Waals surface area contributed by atoms with Crippen LogP contribution in [0.2, 0.25) is 0 Å². The molecule has 1 N–H and O–H groups in total. The lowest BCUT2D eigenvalue weighted by Crippen LogP contribution is -2.48. The van der Waals surface area contributed by atoms with Crippen LogP contribution in [-0.2, 0) is 19.4 Å². The molecule has 1 saturated heterocycles. The van der Waals surface area contributed by atoms with Gasteiger partial charge in [-0.25, -0.2) is 18.2 Å². The van der Waals surface area contributed by atoms with E-state index in [1.807, 2.05) is 13.8 Å². The van der Waals surface area contributed by atoms with Gasteiger partial charge in [0.1, 0.15) is 0 Å². The van der Waals surface area contributed by atoms with E-state index < -0.39 is 22.4 Å². The number of thiazole rings is 1. The van der Waals surface area contributed by atoms with Gasteiger partial charge in [0.15, 0.2) is 27.3 Å². The third-order valence-electron chi connectivity index (χ3n) is 4.39. The van der Waals surface area contributed by atoms with E-state index in [0.29, 0.717) is 24.5 Å². The number of sulfone groups is 1. The zero-order valence-corrected chi connectivity index (χ0v) is 17.1. The number of carbonyl (C=O) groups excluding carboxylic acids is 2. The molecule has 1 amide bonds. The minimum atomic E-state index is -3.12. The number of rotatable bonds is 9. The van der Waals surface area contributed by atoms with Crippen LogP contribution in [0.5, 0.6) is 0 Å². The molecule has 0 radical (unpaired) electrons. The van der Waals surface area contributed by atoms with Gasteiger partial charge in [-0.3, -0.25) is 4.79 Å². The molecule has 1 fully saturated rings. The number of hydrogen-bond acceptors (Lipinski definition) is 8. The van der Waals surface area contributed by atoms with Crippen molar-refractivity contribution in [3.05, 3.63) is 23.7 Å². The number of hydrogen-bond donors (Lipinski definition) is 1. The highest BCUT2D eigenvalue weighted by Crippen LogP contribution is 2.22. The molecule has 10 heteroatoms. The van der Waals surface area contributed by atoms with E-state index in [-0.39, 0.29) is 35.2 Å². The van der Waals surface area contributed by atoms with Crippen molar-refractivity contribution in [1.29, 1.82) is 0 Å². The zero-order valence-electron chi connectivity index (χ0n) is 15.5. The topological polar surface area (TPSA) is 106 Å². The van der Waals surface area contributed by atoms with E-state index in [4.69, 9.17) is 4.74 Å². The Morgan fingerprint density at radius 2 is 2.30 bits per heavy atom. The molecule has 27 heavy (non-hydrogen) atoms. The summed E-state index contributed by atoms with van der Waals surface area (Å²) >= 11 is 1.25. The van der Waals surface area contributed by atoms with Gasteiger partial charge in [-0.15, -0.1) is 17.9 Å². The molecule has 2 unspecified atom stereocenters. The van der Waals surface area contributed by atoms with Gasteiger partial charge in [-0.1, -0.05) is 13.0 Å². The fourth-order valence-corrected chi connectivity index (χ4v) is 5.29. The molecule has 0 spiro atoms. The molecule has 0 bridgehead atoms. The third-order valence-corrected chi connectivity index (χ3v) is 6.94. The average Bonchev–Trinajstić information content (AvgIpc) is 3.24. The second-order valence-electron chi connectivity index (χ2n) is 6.40. The quantitative estimate of drug-likeness (QED) is 0.483. The number of carbonyl (C=O) groups is 2. The van der Waals surface area contributed by atoms with Crippen molar-refractivity contribution in [3.63, 3.8) is 0 Å². The van der Waals surface area contributed by atoms with Crippen LogP contribution in [0.25, 0.3) is 0 Å². The minimum Gasteiger partial charge on any atom is -0.451 e. The average molecular weight is 416 g/mol. The van der Waals surface area contributed by atoms with Gasteiger partial charge in [0.2, 0.25) is 0 Å². The summed E-state index contributed by atoms with van der Waals surface area (Å²) < 4.78 is 28.6. The summed E-state index contributed by atoms with van der Waals surface area (Å²) in [5.41, 5.74) is 0.123. The molecular weight excluding hydrogens is 390 g/mol. The Kier molecular flexibility index (Phi) is 7.37. The normalized spacial score (nSPS) is 19.3. The van der Waals surface area contributed by atoms with E-state index in [9.17, 15) is 18.0 Å². The maximum atomic E-state index is 12.6. The molecule has 2 atom stereocenters. The van der Waals surface area contributed by atoms with Gasteiger partial charge in [0, 0.05) is 24.0 Å². The van der Waals surface area contributed by atoms with Crippen LogP contribution in [0, 0.1) is 0 Å². The first-order valence-electron chi connectivity index (χ1n) is 8.76. The second kappa shape index (κ2) is 9.32. The Hall–Kier alpha value is -1.94. The van der Waals surface area contributed by atoms with Gasteiger partial charge >= 0.3 is 5.97 Å². The van der Waals surface area contributed by atoms with Crippen molar-refractivity contribution in [1.82, 2.24) is 9.88 Å². The van der Waals surface area contributed by atoms with E-state index in [1.54, 1.807) is 16.4 Å². The number of anilines is 1. The maximum absolute atomic E-state index is 12.6. The molecule has 0 aromatic carbocycles. The number of esters is 1. The number of ether oxygens (including phenoxy) is 1. The Morgan fingerprint density at radius 1 is 1.56 bits per heavy atom. The summed E-state index contributed by atoms with van der Waals surface area (Å²) in [6, 6.07) is -0.506. The molecule has 1 aromatic heterocycles. The fourth-order valence-electron chi connectivity index (χ4n) is 2.88. The van der Waals surface area contributed by atoms with Crippen molar-refractivity contribution >= 4 is 38.2 Å². The molecular formula is C17H25N3O5S2. The monoisotopic (exact) mass is 415 g/mol. The summed E-state index contributed by atoms with van der Waals surface area (Å²) in [5.74, 6) is -1.03. The lowest BCUT2D eigenvalue weighted by atomic mass is 10.1. The van der Waals surface area contributed by atoms with E-state index in [0.717, 1.165) is 0 Å². The standard InChI is InChI=1S/C17H25N3O5S2/c1-4-7-18-17-19-14(10-26-17)16(22)25-9-15(21)20(12(3)5-2)13-6-8-27(23,24)11-13/h4,10,12-13H,1,5-9,11H2,2-3H3,(H,18,19). The Bertz CT molecular complexity index is 790. The summed E-state index contributed by atoms with van der Waals surface area (Å²) in [6.07, 6.45) is 2.77.